The van der Waals surface area contributed by atoms with Gasteiger partial charge in [-0.25, -0.2) is 13.5 Å². The van der Waals surface area contributed by atoms with Gasteiger partial charge in [0, 0.05) is 19.2 Å². The molecule has 3 rings (SSSR count). The number of nitriles is 1. The lowest BCUT2D eigenvalue weighted by Crippen LogP contribution is -2.20. The van der Waals surface area contributed by atoms with Gasteiger partial charge in [0.1, 0.15) is 23.3 Å². The number of carbonyl (C=O) groups excluding carboxylic acids is 1. The van der Waals surface area contributed by atoms with Crippen LogP contribution < -0.4 is 15.6 Å². The number of rotatable bonds is 5. The maximum atomic E-state index is 14.1. The van der Waals surface area contributed by atoms with E-state index in [1.54, 1.807) is 0 Å². The zero-order chi connectivity index (χ0) is 21.8. The van der Waals surface area contributed by atoms with E-state index in [0.29, 0.717) is 6.07 Å². The van der Waals surface area contributed by atoms with E-state index in [9.17, 15) is 23.6 Å². The van der Waals surface area contributed by atoms with E-state index in [0.717, 1.165) is 29.0 Å². The van der Waals surface area contributed by atoms with Gasteiger partial charge in [-0.2, -0.15) is 10.4 Å². The minimum atomic E-state index is -0.949. The highest BCUT2D eigenvalue weighted by atomic mass is 19.1. The van der Waals surface area contributed by atoms with Crippen molar-refractivity contribution in [2.75, 3.05) is 5.32 Å². The van der Waals surface area contributed by atoms with Gasteiger partial charge in [-0.3, -0.25) is 9.59 Å². The number of anilines is 1. The number of carbonyl (C=O) groups is 1. The van der Waals surface area contributed by atoms with Gasteiger partial charge in [0.15, 0.2) is 11.6 Å². The molecule has 2 aromatic carbocycles. The third-order valence-corrected chi connectivity index (χ3v) is 4.03. The van der Waals surface area contributed by atoms with Crippen LogP contribution in [0.5, 0.6) is 11.5 Å². The van der Waals surface area contributed by atoms with Gasteiger partial charge in [-0.15, -0.1) is 0 Å². The topological polar surface area (TPSA) is 97.0 Å². The minimum absolute atomic E-state index is 0.0185. The van der Waals surface area contributed by atoms with Crippen LogP contribution in [-0.4, -0.2) is 15.7 Å². The average molecular weight is 408 g/mol. The number of amides is 1. The number of halogens is 2. The van der Waals surface area contributed by atoms with E-state index in [1.165, 1.54) is 25.2 Å². The molecule has 0 saturated carbocycles. The summed E-state index contributed by atoms with van der Waals surface area (Å²) in [5.41, 5.74) is -0.263. The summed E-state index contributed by atoms with van der Waals surface area (Å²) in [7, 11) is 1.39. The van der Waals surface area contributed by atoms with Gasteiger partial charge in [-0.05, 0) is 30.3 Å². The van der Waals surface area contributed by atoms with E-state index in [2.05, 4.69) is 17.0 Å². The van der Waals surface area contributed by atoms with Crippen LogP contribution in [0.3, 0.4) is 0 Å². The number of nitrogens with one attached hydrogen (secondary N) is 1. The van der Waals surface area contributed by atoms with Crippen LogP contribution in [0.1, 0.15) is 5.56 Å². The van der Waals surface area contributed by atoms with E-state index < -0.39 is 23.1 Å². The van der Waals surface area contributed by atoms with Crippen molar-refractivity contribution in [3.8, 4) is 28.8 Å². The molecule has 1 amide bonds. The summed E-state index contributed by atoms with van der Waals surface area (Å²) in [5.74, 6) is -2.54. The first-order valence-electron chi connectivity index (χ1n) is 8.52. The second-order valence-corrected chi connectivity index (χ2v) is 6.03. The van der Waals surface area contributed by atoms with Crippen molar-refractivity contribution in [2.45, 2.75) is 0 Å². The lowest BCUT2D eigenvalue weighted by atomic mass is 10.0. The molecule has 0 radical (unpaired) electrons. The molecule has 0 aliphatic carbocycles. The summed E-state index contributed by atoms with van der Waals surface area (Å²) < 4.78 is 34.0. The van der Waals surface area contributed by atoms with Gasteiger partial charge >= 0.3 is 0 Å². The summed E-state index contributed by atoms with van der Waals surface area (Å²) in [4.78, 5) is 23.8. The van der Waals surface area contributed by atoms with Gasteiger partial charge in [0.25, 0.3) is 5.56 Å². The van der Waals surface area contributed by atoms with Crippen molar-refractivity contribution in [1.29, 1.82) is 5.26 Å². The molecule has 0 fully saturated rings. The van der Waals surface area contributed by atoms with E-state index >= 15 is 0 Å². The Balaban J connectivity index is 2.27. The molecule has 1 N–H and O–H groups in total. The summed E-state index contributed by atoms with van der Waals surface area (Å²) in [6, 6.07) is 10.2. The van der Waals surface area contributed by atoms with Gasteiger partial charge in [-0.1, -0.05) is 12.6 Å². The summed E-state index contributed by atoms with van der Waals surface area (Å²) in [6.45, 7) is 3.39. The molecule has 30 heavy (non-hydrogen) atoms. The third-order valence-electron chi connectivity index (χ3n) is 4.03. The highest BCUT2D eigenvalue weighted by Crippen LogP contribution is 2.39. The number of aromatic nitrogens is 2. The molecule has 0 atom stereocenters. The molecule has 0 aliphatic rings. The number of hydrogen-bond acceptors (Lipinski definition) is 5. The minimum Gasteiger partial charge on any atom is -0.453 e. The van der Waals surface area contributed by atoms with Gasteiger partial charge < -0.3 is 10.1 Å². The first-order valence-corrected chi connectivity index (χ1v) is 8.52. The predicted molar refractivity (Wildman–Crippen MR) is 105 cm³/mol. The fourth-order valence-electron chi connectivity index (χ4n) is 2.63. The summed E-state index contributed by atoms with van der Waals surface area (Å²) in [5, 5.41) is 16.2. The molecule has 0 unspecified atom stereocenters. The Bertz CT molecular complexity index is 1260. The Kier molecular flexibility index (Phi) is 5.69. The Morgan fingerprint density at radius 3 is 2.70 bits per heavy atom. The van der Waals surface area contributed by atoms with Crippen LogP contribution in [0.15, 0.2) is 59.9 Å². The van der Waals surface area contributed by atoms with Crippen molar-refractivity contribution >= 4 is 11.6 Å². The van der Waals surface area contributed by atoms with Crippen LogP contribution in [0.4, 0.5) is 14.5 Å². The molecule has 0 aliphatic heterocycles. The zero-order valence-corrected chi connectivity index (χ0v) is 15.6. The molecule has 9 heteroatoms. The van der Waals surface area contributed by atoms with Crippen LogP contribution in [-0.2, 0) is 11.8 Å². The van der Waals surface area contributed by atoms with Crippen LogP contribution in [0.2, 0.25) is 0 Å². The smallest absolute Gasteiger partial charge is 0.267 e. The Hall–Kier alpha value is -4.32. The lowest BCUT2D eigenvalue weighted by molar-refractivity contribution is -0.111. The molecule has 0 saturated heterocycles. The maximum absolute atomic E-state index is 14.1. The van der Waals surface area contributed by atoms with Crippen molar-refractivity contribution in [2.24, 2.45) is 7.05 Å². The van der Waals surface area contributed by atoms with Crippen molar-refractivity contribution in [3.63, 3.8) is 0 Å². The second kappa shape index (κ2) is 8.36. The van der Waals surface area contributed by atoms with E-state index in [-0.39, 0.29) is 34.0 Å². The summed E-state index contributed by atoms with van der Waals surface area (Å²) in [6.07, 6.45) is 1.04. The molecule has 1 aromatic heterocycles. The molecule has 7 nitrogen and oxygen atoms in total. The standard InChI is InChI=1S/C21H14F2N4O3/c1-3-18(28)25-15-5-4-6-17(30-16-8-7-13(22)10-14(16)23)20(15)21-12(11-24)9-19(29)27(2)26-21/h3-10H,1H2,2H3,(H,25,28). The quantitative estimate of drug-likeness (QED) is 0.652. The van der Waals surface area contributed by atoms with Crippen LogP contribution in [0.25, 0.3) is 11.3 Å². The van der Waals surface area contributed by atoms with Crippen molar-refractivity contribution in [1.82, 2.24) is 9.78 Å². The monoisotopic (exact) mass is 408 g/mol. The number of nitrogens with zero attached hydrogens (tertiary/aromatic N) is 3. The van der Waals surface area contributed by atoms with Crippen LogP contribution in [0, 0.1) is 23.0 Å². The summed E-state index contributed by atoms with van der Waals surface area (Å²) >= 11 is 0. The zero-order valence-electron chi connectivity index (χ0n) is 15.6. The number of ether oxygens (including phenoxy) is 1. The highest BCUT2D eigenvalue weighted by Gasteiger charge is 2.21. The average Bonchev–Trinajstić information content (AvgIpc) is 2.72. The first kappa shape index (κ1) is 20.4. The normalized spacial score (nSPS) is 10.2. The van der Waals surface area contributed by atoms with Crippen molar-refractivity contribution in [3.05, 3.63) is 82.7 Å². The Morgan fingerprint density at radius 2 is 2.03 bits per heavy atom. The fraction of sp³-hybridized carbons (Fsp3) is 0.0476. The van der Waals surface area contributed by atoms with Gasteiger partial charge in [0.05, 0.1) is 16.8 Å². The predicted octanol–water partition coefficient (Wildman–Crippen LogP) is 3.51. The molecule has 1 heterocycles. The molecular formula is C21H14F2N4O3. The van der Waals surface area contributed by atoms with E-state index in [1.807, 2.05) is 6.07 Å². The SMILES string of the molecule is C=CC(=O)Nc1cccc(Oc2ccc(F)cc2F)c1-c1nn(C)c(=O)cc1C#N. The first-order chi connectivity index (χ1) is 14.3. The fourth-order valence-corrected chi connectivity index (χ4v) is 2.63. The highest BCUT2D eigenvalue weighted by molar-refractivity contribution is 6.02. The lowest BCUT2D eigenvalue weighted by Gasteiger charge is -2.17. The number of aryl methyl sites for hydroxylation is 1. The molecule has 0 bridgehead atoms. The molecule has 3 aromatic rings. The molecule has 0 spiro atoms. The van der Waals surface area contributed by atoms with Crippen molar-refractivity contribution < 1.29 is 18.3 Å². The second-order valence-electron chi connectivity index (χ2n) is 6.03. The molecular weight excluding hydrogens is 394 g/mol. The number of hydrogen-bond donors (Lipinski definition) is 1. The van der Waals surface area contributed by atoms with Gasteiger partial charge in [0.2, 0.25) is 5.91 Å². The Morgan fingerprint density at radius 1 is 1.27 bits per heavy atom. The van der Waals surface area contributed by atoms with Crippen LogP contribution >= 0.6 is 0 Å². The molecule has 150 valence electrons. The maximum Gasteiger partial charge on any atom is 0.267 e. The third kappa shape index (κ3) is 4.07. The Labute approximate surface area is 169 Å². The van der Waals surface area contributed by atoms with E-state index in [4.69, 9.17) is 4.74 Å². The number of benzene rings is 2. The largest absolute Gasteiger partial charge is 0.453 e.